The van der Waals surface area contributed by atoms with Gasteiger partial charge in [0, 0.05) is 11.1 Å². The number of rotatable bonds is 4. The van der Waals surface area contributed by atoms with Gasteiger partial charge < -0.3 is 8.85 Å². The molecule has 0 aliphatic carbocycles. The molecule has 0 bridgehead atoms. The molecule has 1 aromatic carbocycles. The maximum absolute atomic E-state index is 6.70. The lowest BCUT2D eigenvalue weighted by Gasteiger charge is -2.39. The van der Waals surface area contributed by atoms with E-state index < -0.39 is 16.6 Å². The van der Waals surface area contributed by atoms with E-state index in [0.29, 0.717) is 0 Å². The Labute approximate surface area is 175 Å². The van der Waals surface area contributed by atoms with Gasteiger partial charge in [-0.25, -0.2) is 0 Å². The van der Waals surface area contributed by atoms with Crippen molar-refractivity contribution in [3.63, 3.8) is 0 Å². The highest BCUT2D eigenvalue weighted by Crippen LogP contribution is 2.44. The second kappa shape index (κ2) is 8.40. The molecule has 1 aromatic rings. The standard InChI is InChI=1S/C24H38O2Si2/c1-13-15-19-17-21(25-27(9,10)23(3,4)5)22(18-20(19)16-14-2)26-28(11,12)24(6,7)8/h17-18H,1-12H3. The topological polar surface area (TPSA) is 18.5 Å². The minimum atomic E-state index is -2.03. The van der Waals surface area contributed by atoms with Crippen LogP contribution < -0.4 is 8.85 Å². The largest absolute Gasteiger partial charge is 0.541 e. The summed E-state index contributed by atoms with van der Waals surface area (Å²) in [6, 6.07) is 4.05. The highest BCUT2D eigenvalue weighted by molar-refractivity contribution is 6.75. The molecule has 0 aliphatic rings. The van der Waals surface area contributed by atoms with E-state index in [2.05, 4.69) is 91.4 Å². The second-order valence-corrected chi connectivity index (χ2v) is 19.8. The molecule has 154 valence electrons. The van der Waals surface area contributed by atoms with Crippen molar-refractivity contribution in [2.45, 2.75) is 91.7 Å². The number of hydrogen-bond donors (Lipinski definition) is 0. The van der Waals surface area contributed by atoms with E-state index in [-0.39, 0.29) is 10.1 Å². The van der Waals surface area contributed by atoms with E-state index >= 15 is 0 Å². The summed E-state index contributed by atoms with van der Waals surface area (Å²) in [6.45, 7) is 26.2. The molecule has 0 radical (unpaired) electrons. The van der Waals surface area contributed by atoms with Crippen molar-refractivity contribution >= 4 is 16.6 Å². The Morgan fingerprint density at radius 3 is 1.14 bits per heavy atom. The van der Waals surface area contributed by atoms with Crippen molar-refractivity contribution in [1.82, 2.24) is 0 Å². The molecule has 4 heteroatoms. The fourth-order valence-corrected chi connectivity index (χ4v) is 4.08. The summed E-state index contributed by atoms with van der Waals surface area (Å²) in [6.07, 6.45) is 0. The summed E-state index contributed by atoms with van der Waals surface area (Å²) in [7, 11) is -4.06. The monoisotopic (exact) mass is 414 g/mol. The molecule has 0 aliphatic heterocycles. The van der Waals surface area contributed by atoms with Gasteiger partial charge in [0.1, 0.15) is 11.5 Å². The minimum Gasteiger partial charge on any atom is -0.541 e. The molecule has 0 saturated heterocycles. The van der Waals surface area contributed by atoms with Crippen molar-refractivity contribution in [3.05, 3.63) is 23.3 Å². The molecule has 1 rings (SSSR count). The smallest absolute Gasteiger partial charge is 0.250 e. The molecule has 0 amide bonds. The average molecular weight is 415 g/mol. The van der Waals surface area contributed by atoms with Gasteiger partial charge in [-0.2, -0.15) is 0 Å². The Balaban J connectivity index is 3.66. The van der Waals surface area contributed by atoms with Crippen LogP contribution in [0.1, 0.15) is 66.5 Å². The van der Waals surface area contributed by atoms with Gasteiger partial charge in [-0.15, -0.1) is 11.8 Å². The molecule has 28 heavy (non-hydrogen) atoms. The number of benzene rings is 1. The van der Waals surface area contributed by atoms with Crippen LogP contribution in [-0.4, -0.2) is 16.6 Å². The second-order valence-electron chi connectivity index (χ2n) is 10.3. The van der Waals surface area contributed by atoms with Gasteiger partial charge in [0.15, 0.2) is 0 Å². The highest BCUT2D eigenvalue weighted by atomic mass is 28.4. The van der Waals surface area contributed by atoms with Crippen LogP contribution in [0.5, 0.6) is 11.5 Å². The Morgan fingerprint density at radius 1 is 0.643 bits per heavy atom. The van der Waals surface area contributed by atoms with Crippen molar-refractivity contribution in [2.75, 3.05) is 0 Å². The van der Waals surface area contributed by atoms with E-state index in [4.69, 9.17) is 8.85 Å². The van der Waals surface area contributed by atoms with Crippen LogP contribution in [0.3, 0.4) is 0 Å². The summed E-state index contributed by atoms with van der Waals surface area (Å²) in [4.78, 5) is 0. The average Bonchev–Trinajstić information content (AvgIpc) is 2.49. The van der Waals surface area contributed by atoms with Crippen LogP contribution >= 0.6 is 0 Å². The van der Waals surface area contributed by atoms with Crippen molar-refractivity contribution in [1.29, 1.82) is 0 Å². The zero-order valence-corrected chi connectivity index (χ0v) is 22.0. The van der Waals surface area contributed by atoms with Crippen LogP contribution in [0.2, 0.25) is 36.3 Å². The molecule has 0 saturated carbocycles. The van der Waals surface area contributed by atoms with Crippen LogP contribution in [0.25, 0.3) is 0 Å². The van der Waals surface area contributed by atoms with Gasteiger partial charge in [-0.3, -0.25) is 0 Å². The molecule has 0 heterocycles. The van der Waals surface area contributed by atoms with Crippen molar-refractivity contribution < 1.29 is 8.85 Å². The van der Waals surface area contributed by atoms with E-state index in [9.17, 15) is 0 Å². The van der Waals surface area contributed by atoms with Gasteiger partial charge in [0.25, 0.3) is 16.6 Å². The zero-order chi connectivity index (χ0) is 22.0. The van der Waals surface area contributed by atoms with Gasteiger partial charge in [-0.05, 0) is 62.2 Å². The maximum Gasteiger partial charge on any atom is 0.250 e. The Hall–Kier alpha value is -1.63. The highest BCUT2D eigenvalue weighted by Gasteiger charge is 2.42. The first-order valence-electron chi connectivity index (χ1n) is 9.97. The minimum absolute atomic E-state index is 0.0970. The first kappa shape index (κ1) is 24.4. The molecule has 0 N–H and O–H groups in total. The molecule has 0 aromatic heterocycles. The Morgan fingerprint density at radius 2 is 0.929 bits per heavy atom. The summed E-state index contributed by atoms with van der Waals surface area (Å²) < 4.78 is 13.4. The van der Waals surface area contributed by atoms with Gasteiger partial charge in [0.2, 0.25) is 0 Å². The van der Waals surface area contributed by atoms with Crippen LogP contribution in [0, 0.1) is 23.7 Å². The summed E-state index contributed by atoms with van der Waals surface area (Å²) in [5.41, 5.74) is 1.79. The fraction of sp³-hybridized carbons (Fsp3) is 0.583. The van der Waals surface area contributed by atoms with E-state index in [1.165, 1.54) is 0 Å². The molecule has 0 unspecified atom stereocenters. The van der Waals surface area contributed by atoms with Gasteiger partial charge in [-0.1, -0.05) is 53.4 Å². The molecule has 0 spiro atoms. The Bertz CT molecular complexity index is 759. The fourth-order valence-electron chi connectivity index (χ4n) is 2.05. The SMILES string of the molecule is CC#Cc1cc(O[Si](C)(C)C(C)(C)C)c(O[Si](C)(C)C(C)(C)C)cc1C#CC. The van der Waals surface area contributed by atoms with E-state index in [1.54, 1.807) is 0 Å². The molecular formula is C24H38O2Si2. The zero-order valence-electron chi connectivity index (χ0n) is 20.0. The first-order valence-corrected chi connectivity index (χ1v) is 15.8. The van der Waals surface area contributed by atoms with Crippen LogP contribution in [0.15, 0.2) is 12.1 Å². The van der Waals surface area contributed by atoms with Gasteiger partial charge in [0.05, 0.1) is 0 Å². The summed E-state index contributed by atoms with van der Waals surface area (Å²) >= 11 is 0. The molecular weight excluding hydrogens is 376 g/mol. The predicted octanol–water partition coefficient (Wildman–Crippen LogP) is 7.20. The lowest BCUT2D eigenvalue weighted by molar-refractivity contribution is 0.440. The van der Waals surface area contributed by atoms with Gasteiger partial charge >= 0.3 is 0 Å². The normalized spacial score (nSPS) is 12.4. The quantitative estimate of drug-likeness (QED) is 0.383. The molecule has 0 atom stereocenters. The Kier molecular flexibility index (Phi) is 7.32. The third-order valence-corrected chi connectivity index (χ3v) is 14.6. The summed E-state index contributed by atoms with van der Waals surface area (Å²) in [5, 5.41) is 0.194. The lowest BCUT2D eigenvalue weighted by Crippen LogP contribution is -2.45. The third kappa shape index (κ3) is 5.69. The molecule has 2 nitrogen and oxygen atoms in total. The van der Waals surface area contributed by atoms with Crippen LogP contribution in [-0.2, 0) is 0 Å². The lowest BCUT2D eigenvalue weighted by atomic mass is 10.1. The number of hydrogen-bond acceptors (Lipinski definition) is 2. The predicted molar refractivity (Wildman–Crippen MR) is 127 cm³/mol. The van der Waals surface area contributed by atoms with Crippen LogP contribution in [0.4, 0.5) is 0 Å². The maximum atomic E-state index is 6.70. The first-order chi connectivity index (χ1) is 12.6. The van der Waals surface area contributed by atoms with E-state index in [1.807, 2.05) is 26.0 Å². The molecule has 0 fully saturated rings. The van der Waals surface area contributed by atoms with E-state index in [0.717, 1.165) is 22.6 Å². The van der Waals surface area contributed by atoms with Crippen molar-refractivity contribution in [3.8, 4) is 35.2 Å². The third-order valence-electron chi connectivity index (χ3n) is 5.95. The van der Waals surface area contributed by atoms with Crippen molar-refractivity contribution in [2.24, 2.45) is 0 Å². The summed E-state index contributed by atoms with van der Waals surface area (Å²) in [5.74, 6) is 14.0.